The minimum atomic E-state index is -0.400. The Labute approximate surface area is 145 Å². The van der Waals surface area contributed by atoms with Gasteiger partial charge in [-0.2, -0.15) is 5.26 Å². The first-order valence-corrected chi connectivity index (χ1v) is 8.34. The highest BCUT2D eigenvalue weighted by atomic mass is 35.5. The average Bonchev–Trinajstić information content (AvgIpc) is 2.61. The smallest absolute Gasteiger partial charge is 0.268 e. The lowest BCUT2D eigenvalue weighted by Crippen LogP contribution is -2.46. The summed E-state index contributed by atoms with van der Waals surface area (Å²) in [4.78, 5) is 21.4. The van der Waals surface area contributed by atoms with Gasteiger partial charge in [0, 0.05) is 20.2 Å². The topological polar surface area (TPSA) is 82.0 Å². The van der Waals surface area contributed by atoms with Gasteiger partial charge in [0.05, 0.1) is 16.8 Å². The Morgan fingerprint density at radius 2 is 2.17 bits per heavy atom. The minimum absolute atomic E-state index is 0.0821. The zero-order chi connectivity index (χ0) is 17.3. The van der Waals surface area contributed by atoms with E-state index in [1.807, 2.05) is 11.0 Å². The summed E-state index contributed by atoms with van der Waals surface area (Å²) >= 11 is 6.03. The van der Waals surface area contributed by atoms with E-state index in [-0.39, 0.29) is 11.2 Å². The van der Waals surface area contributed by atoms with Gasteiger partial charge in [-0.05, 0) is 31.4 Å². The van der Waals surface area contributed by atoms with E-state index in [1.165, 1.54) is 0 Å². The number of piperidine rings is 1. The average molecular weight is 347 g/mol. The van der Waals surface area contributed by atoms with Gasteiger partial charge >= 0.3 is 0 Å². The summed E-state index contributed by atoms with van der Waals surface area (Å²) < 4.78 is 5.70. The van der Waals surface area contributed by atoms with Crippen molar-refractivity contribution in [3.8, 4) is 6.07 Å². The summed E-state index contributed by atoms with van der Waals surface area (Å²) in [5.74, 6) is 0. The number of halogens is 1. The van der Waals surface area contributed by atoms with E-state index in [9.17, 15) is 10.1 Å². The Morgan fingerprint density at radius 1 is 1.46 bits per heavy atom. The fraction of sp³-hybridized carbons (Fsp3) is 0.471. The van der Waals surface area contributed by atoms with Crippen LogP contribution in [0.25, 0.3) is 11.0 Å². The molecular weight excluding hydrogens is 328 g/mol. The van der Waals surface area contributed by atoms with Crippen LogP contribution in [0.1, 0.15) is 31.7 Å². The van der Waals surface area contributed by atoms with Gasteiger partial charge in [0.25, 0.3) is 5.56 Å². The predicted octanol–water partition coefficient (Wildman–Crippen LogP) is 2.84. The number of methoxy groups -OCH3 is 1. The van der Waals surface area contributed by atoms with Crippen molar-refractivity contribution in [3.05, 3.63) is 33.2 Å². The number of nitrogens with zero attached hydrogens (tertiary/aromatic N) is 3. The van der Waals surface area contributed by atoms with Crippen LogP contribution in [0.15, 0.2) is 16.9 Å². The molecule has 0 radical (unpaired) electrons. The molecule has 2 aromatic rings. The molecule has 3 rings (SSSR count). The third-order valence-electron chi connectivity index (χ3n) is 4.98. The van der Waals surface area contributed by atoms with E-state index in [0.717, 1.165) is 19.3 Å². The van der Waals surface area contributed by atoms with Gasteiger partial charge in [-0.3, -0.25) is 4.79 Å². The number of nitrogens with one attached hydrogen (secondary N) is 1. The molecule has 0 aliphatic carbocycles. The number of rotatable bonds is 3. The molecule has 1 N–H and O–H groups in total. The molecule has 7 heteroatoms. The van der Waals surface area contributed by atoms with Crippen molar-refractivity contribution in [1.82, 2.24) is 9.97 Å². The van der Waals surface area contributed by atoms with Crippen LogP contribution in [0, 0.1) is 11.3 Å². The number of nitriles is 1. The number of hydrogen-bond donors (Lipinski definition) is 1. The molecule has 0 aromatic carbocycles. The fourth-order valence-electron chi connectivity index (χ4n) is 3.38. The first-order chi connectivity index (χ1) is 11.5. The van der Waals surface area contributed by atoms with Crippen LogP contribution in [-0.2, 0) is 4.74 Å². The molecule has 2 aromatic heterocycles. The highest BCUT2D eigenvalue weighted by Gasteiger charge is 2.34. The number of fused-ring (bicyclic) bond motifs is 1. The third-order valence-corrected chi connectivity index (χ3v) is 5.19. The first kappa shape index (κ1) is 16.7. The molecule has 1 fully saturated rings. The summed E-state index contributed by atoms with van der Waals surface area (Å²) in [6.07, 6.45) is 2.60. The van der Waals surface area contributed by atoms with Gasteiger partial charge < -0.3 is 14.6 Å². The van der Waals surface area contributed by atoms with E-state index < -0.39 is 5.56 Å². The molecule has 0 saturated carbocycles. The summed E-state index contributed by atoms with van der Waals surface area (Å²) in [5, 5.41) is 9.80. The molecule has 1 aliphatic rings. The maximum atomic E-state index is 12.3. The van der Waals surface area contributed by atoms with Crippen LogP contribution >= 0.6 is 11.6 Å². The lowest BCUT2D eigenvalue weighted by Gasteiger charge is -2.41. The largest absolute Gasteiger partial charge is 0.378 e. The number of aromatic nitrogens is 2. The number of ether oxygens (including phenoxy) is 1. The Morgan fingerprint density at radius 3 is 2.75 bits per heavy atom. The highest BCUT2D eigenvalue weighted by molar-refractivity contribution is 6.29. The zero-order valence-electron chi connectivity index (χ0n) is 13.7. The van der Waals surface area contributed by atoms with E-state index in [4.69, 9.17) is 16.3 Å². The van der Waals surface area contributed by atoms with Gasteiger partial charge in [0.2, 0.25) is 0 Å². The summed E-state index contributed by atoms with van der Waals surface area (Å²) in [7, 11) is 1.74. The van der Waals surface area contributed by atoms with Crippen LogP contribution in [0.2, 0.25) is 5.15 Å². The van der Waals surface area contributed by atoms with Gasteiger partial charge in [0.15, 0.2) is 0 Å². The predicted molar refractivity (Wildman–Crippen MR) is 93.6 cm³/mol. The van der Waals surface area contributed by atoms with Crippen molar-refractivity contribution in [1.29, 1.82) is 5.26 Å². The van der Waals surface area contributed by atoms with Crippen molar-refractivity contribution in [2.45, 2.75) is 31.8 Å². The van der Waals surface area contributed by atoms with E-state index in [2.05, 4.69) is 16.9 Å². The molecule has 3 heterocycles. The van der Waals surface area contributed by atoms with Crippen LogP contribution < -0.4 is 10.5 Å². The Kier molecular flexibility index (Phi) is 4.48. The van der Waals surface area contributed by atoms with E-state index >= 15 is 0 Å². The Balaban J connectivity index is 2.11. The number of H-pyrrole nitrogens is 1. The van der Waals surface area contributed by atoms with Crippen LogP contribution in [0.5, 0.6) is 0 Å². The molecule has 24 heavy (non-hydrogen) atoms. The number of anilines is 1. The molecule has 0 bridgehead atoms. The Hall–Kier alpha value is -2.10. The van der Waals surface area contributed by atoms with Crippen LogP contribution in [0.4, 0.5) is 5.69 Å². The van der Waals surface area contributed by atoms with Crippen molar-refractivity contribution in [3.63, 3.8) is 0 Å². The maximum Gasteiger partial charge on any atom is 0.268 e. The minimum Gasteiger partial charge on any atom is -0.378 e. The summed E-state index contributed by atoms with van der Waals surface area (Å²) in [5.41, 5.74) is 1.25. The SMILES string of the molecule is CCC1(OC)CCN(c2c(C#N)c(=O)[nH]c3ccc(Cl)nc23)CC1. The number of hydrogen-bond acceptors (Lipinski definition) is 5. The lowest BCUT2D eigenvalue weighted by molar-refractivity contribution is -0.0322. The zero-order valence-corrected chi connectivity index (χ0v) is 14.5. The van der Waals surface area contributed by atoms with Crippen LogP contribution in [0.3, 0.4) is 0 Å². The molecule has 1 saturated heterocycles. The molecule has 0 spiro atoms. The van der Waals surface area contributed by atoms with Crippen LogP contribution in [-0.4, -0.2) is 35.8 Å². The number of aromatic amines is 1. The van der Waals surface area contributed by atoms with Crippen molar-refractivity contribution < 1.29 is 4.74 Å². The lowest BCUT2D eigenvalue weighted by atomic mass is 9.88. The molecular formula is C17H19ClN4O2. The summed E-state index contributed by atoms with van der Waals surface area (Å²) in [6, 6.07) is 5.36. The molecule has 0 unspecified atom stereocenters. The summed E-state index contributed by atoms with van der Waals surface area (Å²) in [6.45, 7) is 3.51. The quantitative estimate of drug-likeness (QED) is 0.864. The second-order valence-corrected chi connectivity index (χ2v) is 6.43. The molecule has 0 atom stereocenters. The van der Waals surface area contributed by atoms with E-state index in [1.54, 1.807) is 19.2 Å². The maximum absolute atomic E-state index is 12.3. The molecule has 1 aliphatic heterocycles. The first-order valence-electron chi connectivity index (χ1n) is 7.96. The van der Waals surface area contributed by atoms with Crippen molar-refractivity contribution >= 4 is 28.3 Å². The van der Waals surface area contributed by atoms with Gasteiger partial charge in [-0.25, -0.2) is 4.98 Å². The molecule has 126 valence electrons. The second kappa shape index (κ2) is 6.42. The second-order valence-electron chi connectivity index (χ2n) is 6.05. The normalized spacial score (nSPS) is 17.0. The molecule has 6 nitrogen and oxygen atoms in total. The van der Waals surface area contributed by atoms with Crippen molar-refractivity contribution in [2.24, 2.45) is 0 Å². The monoisotopic (exact) mass is 346 g/mol. The third kappa shape index (κ3) is 2.74. The number of pyridine rings is 2. The highest BCUT2D eigenvalue weighted by Crippen LogP contribution is 2.34. The van der Waals surface area contributed by atoms with Gasteiger partial charge in [-0.1, -0.05) is 18.5 Å². The van der Waals surface area contributed by atoms with E-state index in [0.29, 0.717) is 35.0 Å². The standard InChI is InChI=1S/C17H19ClN4O2/c1-3-17(24-2)6-8-22(9-7-17)15-11(10-19)16(23)20-12-4-5-13(18)21-14(12)15/h4-5H,3,6-9H2,1-2H3,(H,20,23). The van der Waals surface area contributed by atoms with Gasteiger partial charge in [-0.15, -0.1) is 0 Å². The van der Waals surface area contributed by atoms with Gasteiger partial charge in [0.1, 0.15) is 22.3 Å². The molecule has 0 amide bonds. The fourth-order valence-corrected chi connectivity index (χ4v) is 3.53. The van der Waals surface area contributed by atoms with Crippen molar-refractivity contribution in [2.75, 3.05) is 25.1 Å². The Bertz CT molecular complexity index is 857.